The highest BCUT2D eigenvalue weighted by atomic mass is 35.5. The van der Waals surface area contributed by atoms with Crippen molar-refractivity contribution in [1.82, 2.24) is 0 Å². The van der Waals surface area contributed by atoms with Crippen molar-refractivity contribution in [2.45, 2.75) is 0 Å². The minimum absolute atomic E-state index is 0.831. The van der Waals surface area contributed by atoms with E-state index in [1.807, 2.05) is 6.07 Å². The first-order chi connectivity index (χ1) is 10.3. The van der Waals surface area contributed by atoms with E-state index < -0.39 is 0 Å². The number of benzene rings is 5. The Morgan fingerprint density at radius 3 is 1.76 bits per heavy atom. The van der Waals surface area contributed by atoms with Crippen molar-refractivity contribution < 1.29 is 0 Å². The molecule has 1 heteroatoms. The van der Waals surface area contributed by atoms with Crippen LogP contribution in [0.2, 0.25) is 5.02 Å². The van der Waals surface area contributed by atoms with Crippen molar-refractivity contribution in [2.75, 3.05) is 0 Å². The highest BCUT2D eigenvalue weighted by molar-refractivity contribution is 6.43. The molecule has 0 aliphatic rings. The fraction of sp³-hybridized carbons (Fsp3) is 0. The summed E-state index contributed by atoms with van der Waals surface area (Å²) in [6, 6.07) is 23.6. The third-order valence-corrected chi connectivity index (χ3v) is 4.77. The van der Waals surface area contributed by atoms with E-state index in [1.54, 1.807) is 0 Å². The maximum Gasteiger partial charge on any atom is 0.0491 e. The molecule has 0 saturated heterocycles. The molecule has 5 aromatic rings. The molecule has 5 aromatic carbocycles. The largest absolute Gasteiger partial charge is 0.0836 e. The van der Waals surface area contributed by atoms with Crippen LogP contribution in [0.1, 0.15) is 0 Å². The summed E-state index contributed by atoms with van der Waals surface area (Å²) in [6.07, 6.45) is 0. The molecule has 0 radical (unpaired) electrons. The number of rotatable bonds is 0. The molecule has 0 spiro atoms. The van der Waals surface area contributed by atoms with Crippen LogP contribution in [0.25, 0.3) is 43.1 Å². The zero-order valence-corrected chi connectivity index (χ0v) is 12.0. The number of fused-ring (bicyclic) bond motifs is 2. The Morgan fingerprint density at radius 2 is 1.05 bits per heavy atom. The van der Waals surface area contributed by atoms with Gasteiger partial charge in [-0.2, -0.15) is 0 Å². The van der Waals surface area contributed by atoms with Gasteiger partial charge in [-0.3, -0.25) is 0 Å². The molecule has 0 nitrogen and oxygen atoms in total. The highest BCUT2D eigenvalue weighted by Crippen LogP contribution is 2.42. The maximum absolute atomic E-state index is 6.56. The summed E-state index contributed by atoms with van der Waals surface area (Å²) in [5.41, 5.74) is 0. The van der Waals surface area contributed by atoms with Crippen molar-refractivity contribution in [1.29, 1.82) is 0 Å². The molecule has 21 heavy (non-hydrogen) atoms. The van der Waals surface area contributed by atoms with Crippen LogP contribution in [0.3, 0.4) is 0 Å². The molecule has 0 unspecified atom stereocenters. The second kappa shape index (κ2) is 3.87. The first-order valence-corrected chi connectivity index (χ1v) is 7.46. The van der Waals surface area contributed by atoms with Crippen LogP contribution in [0.5, 0.6) is 0 Å². The van der Waals surface area contributed by atoms with Crippen molar-refractivity contribution in [3.8, 4) is 0 Å². The summed E-state index contributed by atoms with van der Waals surface area (Å²) in [5.74, 6) is 0. The lowest BCUT2D eigenvalue weighted by molar-refractivity contribution is 1.78. The van der Waals surface area contributed by atoms with Gasteiger partial charge in [0.15, 0.2) is 0 Å². The Bertz CT molecular complexity index is 1130. The van der Waals surface area contributed by atoms with Gasteiger partial charge < -0.3 is 0 Å². The molecule has 0 bridgehead atoms. The minimum atomic E-state index is 0.831. The van der Waals surface area contributed by atoms with Crippen LogP contribution in [0, 0.1) is 0 Å². The molecule has 0 aromatic heterocycles. The lowest BCUT2D eigenvalue weighted by Gasteiger charge is -2.14. The number of halogens is 1. The fourth-order valence-corrected chi connectivity index (χ4v) is 3.87. The summed E-state index contributed by atoms with van der Waals surface area (Å²) >= 11 is 6.56. The third kappa shape index (κ3) is 1.36. The van der Waals surface area contributed by atoms with Crippen LogP contribution in [-0.2, 0) is 0 Å². The Balaban J connectivity index is 2.32. The first-order valence-electron chi connectivity index (χ1n) is 7.08. The van der Waals surface area contributed by atoms with Crippen molar-refractivity contribution in [2.24, 2.45) is 0 Å². The van der Waals surface area contributed by atoms with E-state index in [0.717, 1.165) is 5.02 Å². The monoisotopic (exact) mass is 286 g/mol. The van der Waals surface area contributed by atoms with Gasteiger partial charge in [-0.25, -0.2) is 0 Å². The maximum atomic E-state index is 6.56. The third-order valence-electron chi connectivity index (χ3n) is 4.46. The van der Waals surface area contributed by atoms with Gasteiger partial charge >= 0.3 is 0 Å². The van der Waals surface area contributed by atoms with E-state index in [9.17, 15) is 0 Å². The van der Waals surface area contributed by atoms with Gasteiger partial charge in [-0.1, -0.05) is 72.3 Å². The Labute approximate surface area is 126 Å². The molecule has 0 aliphatic carbocycles. The van der Waals surface area contributed by atoms with E-state index in [1.165, 1.54) is 43.1 Å². The predicted molar refractivity (Wildman–Crippen MR) is 92.7 cm³/mol. The molecule has 0 N–H and O–H groups in total. The molecule has 0 atom stereocenters. The summed E-state index contributed by atoms with van der Waals surface area (Å²) in [7, 11) is 0. The average molecular weight is 287 g/mol. The summed E-state index contributed by atoms with van der Waals surface area (Å²) in [4.78, 5) is 0. The number of hydrogen-bond acceptors (Lipinski definition) is 0. The van der Waals surface area contributed by atoms with Crippen molar-refractivity contribution in [3.63, 3.8) is 0 Å². The van der Waals surface area contributed by atoms with E-state index in [2.05, 4.69) is 60.7 Å². The zero-order valence-electron chi connectivity index (χ0n) is 11.2. The van der Waals surface area contributed by atoms with E-state index in [-0.39, 0.29) is 0 Å². The van der Waals surface area contributed by atoms with Crippen LogP contribution in [0.4, 0.5) is 0 Å². The van der Waals surface area contributed by atoms with Crippen LogP contribution >= 0.6 is 11.6 Å². The lowest BCUT2D eigenvalue weighted by Crippen LogP contribution is -1.87. The van der Waals surface area contributed by atoms with Gasteiger partial charge in [0.25, 0.3) is 0 Å². The van der Waals surface area contributed by atoms with Crippen LogP contribution in [0.15, 0.2) is 66.7 Å². The topological polar surface area (TPSA) is 0 Å². The van der Waals surface area contributed by atoms with E-state index in [4.69, 9.17) is 11.6 Å². The molecule has 0 saturated carbocycles. The lowest BCUT2D eigenvalue weighted by atomic mass is 9.90. The minimum Gasteiger partial charge on any atom is -0.0836 e. The molecule has 0 amide bonds. The summed E-state index contributed by atoms with van der Waals surface area (Å²) in [6.45, 7) is 0. The first kappa shape index (κ1) is 11.4. The van der Waals surface area contributed by atoms with Crippen molar-refractivity contribution >= 4 is 54.7 Å². The smallest absolute Gasteiger partial charge is 0.0491 e. The van der Waals surface area contributed by atoms with Crippen LogP contribution < -0.4 is 0 Å². The van der Waals surface area contributed by atoms with Crippen molar-refractivity contribution in [3.05, 3.63) is 71.8 Å². The zero-order chi connectivity index (χ0) is 14.0. The second-order valence-corrected chi connectivity index (χ2v) is 5.94. The molecular formula is C20H11Cl. The fourth-order valence-electron chi connectivity index (χ4n) is 3.62. The quantitative estimate of drug-likeness (QED) is 0.228. The second-order valence-electron chi connectivity index (χ2n) is 5.54. The van der Waals surface area contributed by atoms with Gasteiger partial charge in [0, 0.05) is 10.4 Å². The van der Waals surface area contributed by atoms with Gasteiger partial charge in [-0.05, 0) is 43.8 Å². The Hall–Kier alpha value is -2.31. The standard InChI is InChI=1S/C20H11Cl/c21-17-11-10-13-6-2-8-15-14-7-1-4-12-5-3-9-16(18(12)14)20(17)19(13)15/h1-11H. The SMILES string of the molecule is Clc1ccc2cccc3c4cccc5cccc(c1c23)c54. The normalized spacial score (nSPS) is 12.0. The van der Waals surface area contributed by atoms with Gasteiger partial charge in [-0.15, -0.1) is 0 Å². The summed E-state index contributed by atoms with van der Waals surface area (Å²) in [5, 5.41) is 11.0. The molecule has 98 valence electrons. The Kier molecular flexibility index (Phi) is 2.09. The molecule has 0 heterocycles. The summed E-state index contributed by atoms with van der Waals surface area (Å²) < 4.78 is 0. The average Bonchev–Trinajstić information content (AvgIpc) is 2.53. The van der Waals surface area contributed by atoms with Gasteiger partial charge in [0.2, 0.25) is 0 Å². The number of hydrogen-bond donors (Lipinski definition) is 0. The molecule has 0 fully saturated rings. The molecule has 5 rings (SSSR count). The molecule has 0 aliphatic heterocycles. The van der Waals surface area contributed by atoms with Gasteiger partial charge in [0.05, 0.1) is 0 Å². The predicted octanol–water partition coefficient (Wildman–Crippen LogP) is 6.39. The van der Waals surface area contributed by atoms with Crippen LogP contribution in [-0.4, -0.2) is 0 Å². The highest BCUT2D eigenvalue weighted by Gasteiger charge is 2.13. The van der Waals surface area contributed by atoms with Gasteiger partial charge in [0.1, 0.15) is 0 Å². The van der Waals surface area contributed by atoms with E-state index >= 15 is 0 Å². The van der Waals surface area contributed by atoms with E-state index in [0.29, 0.717) is 0 Å². The molecular weight excluding hydrogens is 276 g/mol. The Morgan fingerprint density at radius 1 is 0.476 bits per heavy atom.